The van der Waals surface area contributed by atoms with Gasteiger partial charge >= 0.3 is 11.9 Å². The van der Waals surface area contributed by atoms with Gasteiger partial charge in [-0.05, 0) is 43.9 Å². The van der Waals surface area contributed by atoms with Crippen LogP contribution in [0.4, 0.5) is 0 Å². The Kier molecular flexibility index (Phi) is 7.80. The molecule has 1 rings (SSSR count). The Bertz CT molecular complexity index is 582. The van der Waals surface area contributed by atoms with Crippen LogP contribution in [-0.4, -0.2) is 41.6 Å². The van der Waals surface area contributed by atoms with Crippen LogP contribution in [0.2, 0.25) is 0 Å². The van der Waals surface area contributed by atoms with E-state index in [0.717, 1.165) is 50.0 Å². The first-order chi connectivity index (χ1) is 11.0. The van der Waals surface area contributed by atoms with E-state index < -0.39 is 11.9 Å². The Morgan fingerprint density at radius 1 is 1.04 bits per heavy atom. The van der Waals surface area contributed by atoms with Crippen LogP contribution < -0.4 is 5.32 Å². The molecule has 1 aromatic carbocycles. The molecule has 126 valence electrons. The molecular weight excluding hydrogens is 296 g/mol. The summed E-state index contributed by atoms with van der Waals surface area (Å²) in [6, 6.07) is 4.53. The molecule has 0 fully saturated rings. The van der Waals surface area contributed by atoms with Gasteiger partial charge in [0.2, 0.25) is 0 Å². The number of carboxylic acid groups (broad SMARTS) is 2. The number of carboxylic acids is 2. The van der Waals surface area contributed by atoms with Crippen molar-refractivity contribution in [2.24, 2.45) is 4.99 Å². The van der Waals surface area contributed by atoms with Crippen molar-refractivity contribution in [3.63, 3.8) is 0 Å². The maximum atomic E-state index is 11.1. The molecule has 0 atom stereocenters. The lowest BCUT2D eigenvalue weighted by atomic mass is 10.00. The molecule has 3 N–H and O–H groups in total. The van der Waals surface area contributed by atoms with Crippen molar-refractivity contribution in [2.75, 3.05) is 13.6 Å². The summed E-state index contributed by atoms with van der Waals surface area (Å²) >= 11 is 0. The van der Waals surface area contributed by atoms with Crippen LogP contribution in [0.5, 0.6) is 0 Å². The van der Waals surface area contributed by atoms with Crippen molar-refractivity contribution in [3.05, 3.63) is 34.9 Å². The fourth-order valence-corrected chi connectivity index (χ4v) is 2.27. The van der Waals surface area contributed by atoms with Crippen LogP contribution >= 0.6 is 0 Å². The van der Waals surface area contributed by atoms with Crippen molar-refractivity contribution in [2.45, 2.75) is 39.0 Å². The van der Waals surface area contributed by atoms with Gasteiger partial charge in [-0.1, -0.05) is 18.9 Å². The lowest BCUT2D eigenvalue weighted by Gasteiger charge is -2.07. The predicted molar refractivity (Wildman–Crippen MR) is 89.6 cm³/mol. The summed E-state index contributed by atoms with van der Waals surface area (Å²) in [5.74, 6) is -1.49. The SMILES string of the molecule is CN=C(C)NCCCCCCc1ccc(C(=O)O)c(C(=O)O)c1. The highest BCUT2D eigenvalue weighted by atomic mass is 16.4. The molecule has 6 nitrogen and oxygen atoms in total. The molecule has 0 amide bonds. The van der Waals surface area contributed by atoms with E-state index >= 15 is 0 Å². The fourth-order valence-electron chi connectivity index (χ4n) is 2.27. The molecule has 0 heterocycles. The first-order valence-electron chi connectivity index (χ1n) is 7.72. The normalized spacial score (nSPS) is 11.3. The summed E-state index contributed by atoms with van der Waals surface area (Å²) in [5, 5.41) is 21.3. The molecular formula is C17H24N2O4. The Balaban J connectivity index is 2.39. The second kappa shape index (κ2) is 9.61. The summed E-state index contributed by atoms with van der Waals surface area (Å²) in [6.45, 7) is 2.83. The van der Waals surface area contributed by atoms with E-state index in [0.29, 0.717) is 0 Å². The number of aliphatic imine (C=N–C) groups is 1. The fraction of sp³-hybridized carbons (Fsp3) is 0.471. The molecule has 1 aromatic rings. The predicted octanol–water partition coefficient (Wildman–Crippen LogP) is 2.82. The minimum Gasteiger partial charge on any atom is -0.478 e. The zero-order valence-electron chi connectivity index (χ0n) is 13.6. The van der Waals surface area contributed by atoms with Crippen LogP contribution in [0, 0.1) is 0 Å². The van der Waals surface area contributed by atoms with Crippen LogP contribution in [0.1, 0.15) is 58.9 Å². The van der Waals surface area contributed by atoms with E-state index in [1.165, 1.54) is 12.1 Å². The number of aryl methyl sites for hydroxylation is 1. The maximum Gasteiger partial charge on any atom is 0.336 e. The number of nitrogens with zero attached hydrogens (tertiary/aromatic N) is 1. The summed E-state index contributed by atoms with van der Waals surface area (Å²) in [7, 11) is 1.75. The molecule has 0 unspecified atom stereocenters. The van der Waals surface area contributed by atoms with Crippen molar-refractivity contribution in [3.8, 4) is 0 Å². The summed E-state index contributed by atoms with van der Waals surface area (Å²) < 4.78 is 0. The Morgan fingerprint density at radius 3 is 2.30 bits per heavy atom. The number of hydrogen-bond acceptors (Lipinski definition) is 3. The Hall–Kier alpha value is -2.37. The van der Waals surface area contributed by atoms with Crippen LogP contribution in [-0.2, 0) is 6.42 Å². The summed E-state index contributed by atoms with van der Waals surface area (Å²) in [4.78, 5) is 26.1. The average molecular weight is 320 g/mol. The van der Waals surface area contributed by atoms with Crippen molar-refractivity contribution < 1.29 is 19.8 Å². The van der Waals surface area contributed by atoms with E-state index in [1.807, 2.05) is 6.92 Å². The Labute approximate surface area is 136 Å². The van der Waals surface area contributed by atoms with Gasteiger partial charge < -0.3 is 15.5 Å². The van der Waals surface area contributed by atoms with Gasteiger partial charge in [0.05, 0.1) is 17.0 Å². The number of rotatable bonds is 9. The number of aromatic carboxylic acids is 2. The minimum atomic E-state index is -1.22. The smallest absolute Gasteiger partial charge is 0.336 e. The zero-order chi connectivity index (χ0) is 17.2. The highest BCUT2D eigenvalue weighted by Crippen LogP contribution is 2.15. The average Bonchev–Trinajstić information content (AvgIpc) is 2.53. The van der Waals surface area contributed by atoms with Gasteiger partial charge in [-0.15, -0.1) is 0 Å². The molecule has 0 radical (unpaired) electrons. The van der Waals surface area contributed by atoms with E-state index in [9.17, 15) is 9.59 Å². The molecule has 0 aliphatic carbocycles. The molecule has 0 saturated heterocycles. The number of carbonyl (C=O) groups is 2. The molecule has 0 bridgehead atoms. The zero-order valence-corrected chi connectivity index (χ0v) is 13.6. The largest absolute Gasteiger partial charge is 0.478 e. The van der Waals surface area contributed by atoms with Crippen LogP contribution in [0.25, 0.3) is 0 Å². The minimum absolute atomic E-state index is 0.145. The van der Waals surface area contributed by atoms with Crippen molar-refractivity contribution in [1.82, 2.24) is 5.32 Å². The molecule has 6 heteroatoms. The molecule has 23 heavy (non-hydrogen) atoms. The topological polar surface area (TPSA) is 99.0 Å². The number of unbranched alkanes of at least 4 members (excludes halogenated alkanes) is 3. The second-order valence-corrected chi connectivity index (χ2v) is 5.39. The third-order valence-corrected chi connectivity index (χ3v) is 3.65. The van der Waals surface area contributed by atoms with Gasteiger partial charge in [-0.3, -0.25) is 4.99 Å². The number of nitrogens with one attached hydrogen (secondary N) is 1. The van der Waals surface area contributed by atoms with Gasteiger partial charge in [0, 0.05) is 13.6 Å². The quantitative estimate of drug-likeness (QED) is 0.369. The highest BCUT2D eigenvalue weighted by molar-refractivity contribution is 6.01. The maximum absolute atomic E-state index is 11.1. The first kappa shape index (κ1) is 18.7. The third-order valence-electron chi connectivity index (χ3n) is 3.65. The first-order valence-corrected chi connectivity index (χ1v) is 7.72. The molecule has 0 saturated carbocycles. The Morgan fingerprint density at radius 2 is 1.70 bits per heavy atom. The van der Waals surface area contributed by atoms with Gasteiger partial charge in [-0.2, -0.15) is 0 Å². The molecule has 0 aliphatic heterocycles. The number of amidine groups is 1. The number of benzene rings is 1. The second-order valence-electron chi connectivity index (χ2n) is 5.39. The number of hydrogen-bond donors (Lipinski definition) is 3. The van der Waals surface area contributed by atoms with Gasteiger partial charge in [0.1, 0.15) is 0 Å². The summed E-state index contributed by atoms with van der Waals surface area (Å²) in [5.41, 5.74) is 0.549. The molecule has 0 aromatic heterocycles. The molecule has 0 spiro atoms. The van der Waals surface area contributed by atoms with E-state index in [4.69, 9.17) is 10.2 Å². The van der Waals surface area contributed by atoms with Crippen molar-refractivity contribution >= 4 is 17.8 Å². The lowest BCUT2D eigenvalue weighted by Crippen LogP contribution is -2.21. The third kappa shape index (κ3) is 6.50. The van der Waals surface area contributed by atoms with Gasteiger partial charge in [0.25, 0.3) is 0 Å². The van der Waals surface area contributed by atoms with Crippen molar-refractivity contribution in [1.29, 1.82) is 0 Å². The lowest BCUT2D eigenvalue weighted by molar-refractivity contribution is 0.0651. The van der Waals surface area contributed by atoms with Gasteiger partial charge in [0.15, 0.2) is 0 Å². The van der Waals surface area contributed by atoms with E-state index in [1.54, 1.807) is 13.1 Å². The molecule has 0 aliphatic rings. The van der Waals surface area contributed by atoms with E-state index in [2.05, 4.69) is 10.3 Å². The van der Waals surface area contributed by atoms with Crippen LogP contribution in [0.3, 0.4) is 0 Å². The van der Waals surface area contributed by atoms with E-state index in [-0.39, 0.29) is 11.1 Å². The van der Waals surface area contributed by atoms with Crippen LogP contribution in [0.15, 0.2) is 23.2 Å². The standard InChI is InChI=1S/C17H24N2O4/c1-12(18-2)19-10-6-4-3-5-7-13-8-9-14(16(20)21)15(11-13)17(22)23/h8-9,11H,3-7,10H2,1-2H3,(H,18,19)(H,20,21)(H,22,23). The monoisotopic (exact) mass is 320 g/mol. The summed E-state index contributed by atoms with van der Waals surface area (Å²) in [6.07, 6.45) is 4.90. The highest BCUT2D eigenvalue weighted by Gasteiger charge is 2.16. The van der Waals surface area contributed by atoms with Gasteiger partial charge in [-0.25, -0.2) is 9.59 Å².